The third kappa shape index (κ3) is 3.44. The molecule has 5 atom stereocenters. The third-order valence-corrected chi connectivity index (χ3v) is 6.19. The van der Waals surface area contributed by atoms with Crippen molar-refractivity contribution in [2.45, 2.75) is 63.8 Å². The zero-order chi connectivity index (χ0) is 21.9. The van der Waals surface area contributed by atoms with Gasteiger partial charge in [-0.3, -0.25) is 0 Å². The van der Waals surface area contributed by atoms with Gasteiger partial charge in [-0.15, -0.1) is 0 Å². The van der Waals surface area contributed by atoms with Crippen LogP contribution in [0, 0.1) is 6.92 Å². The van der Waals surface area contributed by atoms with Gasteiger partial charge in [0.05, 0.1) is 12.3 Å². The Morgan fingerprint density at radius 3 is 2.74 bits per heavy atom. The van der Waals surface area contributed by atoms with Crippen LogP contribution in [0.1, 0.15) is 43.0 Å². The average Bonchev–Trinajstić information content (AvgIpc) is 3.38. The Balaban J connectivity index is 1.55. The maximum absolute atomic E-state index is 11.3. The van der Waals surface area contributed by atoms with Crippen molar-refractivity contribution < 1.29 is 24.4 Å². The molecular weight excluding hydrogens is 422 g/mol. The first-order valence-electron chi connectivity index (χ1n) is 10.2. The summed E-state index contributed by atoms with van der Waals surface area (Å²) in [5, 5.41) is 22.4. The summed E-state index contributed by atoms with van der Waals surface area (Å²) in [6.07, 6.45) is 0.116. The monoisotopic (exact) mass is 445 g/mol. The molecule has 3 aromatic rings. The number of rotatable bonds is 4. The number of aromatic nitrogens is 3. The molecule has 0 radical (unpaired) electrons. The molecule has 0 amide bonds. The Kier molecular flexibility index (Phi) is 5.04. The van der Waals surface area contributed by atoms with Crippen molar-refractivity contribution in [3.8, 4) is 0 Å². The molecule has 0 spiro atoms. The highest BCUT2D eigenvalue weighted by atomic mass is 35.5. The average molecular weight is 446 g/mol. The van der Waals surface area contributed by atoms with E-state index in [2.05, 4.69) is 9.97 Å². The number of halogens is 1. The molecule has 0 bridgehead atoms. The van der Waals surface area contributed by atoms with Crippen molar-refractivity contribution in [1.29, 1.82) is 0 Å². The van der Waals surface area contributed by atoms with Crippen LogP contribution >= 0.6 is 11.6 Å². The van der Waals surface area contributed by atoms with Crippen molar-refractivity contribution in [2.75, 3.05) is 0 Å². The van der Waals surface area contributed by atoms with Crippen molar-refractivity contribution in [3.05, 3.63) is 58.6 Å². The van der Waals surface area contributed by atoms with Gasteiger partial charge in [0.15, 0.2) is 12.0 Å². The van der Waals surface area contributed by atoms with Crippen LogP contribution in [0.4, 0.5) is 0 Å². The van der Waals surface area contributed by atoms with Gasteiger partial charge < -0.3 is 29.0 Å². The second-order valence-electron chi connectivity index (χ2n) is 8.42. The highest BCUT2D eigenvalue weighted by Crippen LogP contribution is 2.47. The Hall–Kier alpha value is -2.07. The number of benzene rings is 1. The number of aliphatic hydroxyl groups excluding tert-OH is 2. The van der Waals surface area contributed by atoms with Crippen LogP contribution in [-0.4, -0.2) is 48.8 Å². The van der Waals surface area contributed by atoms with Crippen molar-refractivity contribution >= 4 is 22.6 Å². The van der Waals surface area contributed by atoms with Crippen molar-refractivity contribution in [2.24, 2.45) is 0 Å². The minimum absolute atomic E-state index is 0.252. The van der Waals surface area contributed by atoms with Gasteiger partial charge in [0, 0.05) is 16.6 Å². The molecule has 2 aromatic heterocycles. The molecule has 2 aliphatic rings. The SMILES string of the molecule is Cc1ncnc2c1ccn2C1O[C@H]([C@H](O)c2ccc(Cl)cc2CO)C2OC(C)(C)OC21. The van der Waals surface area contributed by atoms with Gasteiger partial charge in [-0.25, -0.2) is 9.97 Å². The number of hydrogen-bond acceptors (Lipinski definition) is 7. The van der Waals surface area contributed by atoms with Crippen LogP contribution < -0.4 is 0 Å². The molecule has 0 saturated carbocycles. The van der Waals surface area contributed by atoms with E-state index in [1.54, 1.807) is 18.2 Å². The summed E-state index contributed by atoms with van der Waals surface area (Å²) in [7, 11) is 0. The number of aliphatic hydroxyl groups is 2. The standard InChI is InChI=1S/C22H24ClN3O5/c1-11-14-6-7-26(20(14)25-10-24-11)21-19-18(30-22(2,3)31-19)17(29-21)16(28)15-5-4-13(23)8-12(15)9-27/h4-8,10,16-19,21,27-28H,9H2,1-3H3/t16-,17-,18?,19?,21?/m1/s1. The number of nitrogens with zero attached hydrogens (tertiary/aromatic N) is 3. The number of ether oxygens (including phenoxy) is 3. The third-order valence-electron chi connectivity index (χ3n) is 5.95. The fourth-order valence-electron chi connectivity index (χ4n) is 4.57. The first kappa shape index (κ1) is 20.8. The predicted octanol–water partition coefficient (Wildman–Crippen LogP) is 3.04. The van der Waals surface area contributed by atoms with E-state index >= 15 is 0 Å². The summed E-state index contributed by atoms with van der Waals surface area (Å²) in [5.41, 5.74) is 2.67. The summed E-state index contributed by atoms with van der Waals surface area (Å²) in [6, 6.07) is 6.96. The smallest absolute Gasteiger partial charge is 0.164 e. The number of aryl methyl sites for hydroxylation is 1. The van der Waals surface area contributed by atoms with Gasteiger partial charge in [0.25, 0.3) is 0 Å². The largest absolute Gasteiger partial charge is 0.392 e. The Bertz CT molecular complexity index is 1130. The van der Waals surface area contributed by atoms with E-state index in [1.165, 1.54) is 6.33 Å². The minimum Gasteiger partial charge on any atom is -0.392 e. The molecular formula is C22H24ClN3O5. The zero-order valence-corrected chi connectivity index (χ0v) is 18.2. The summed E-state index contributed by atoms with van der Waals surface area (Å²) in [4.78, 5) is 8.68. The topological polar surface area (TPSA) is 98.9 Å². The normalized spacial score (nSPS) is 28.2. The molecule has 9 heteroatoms. The molecule has 2 N–H and O–H groups in total. The lowest BCUT2D eigenvalue weighted by Gasteiger charge is -2.28. The molecule has 1 aromatic carbocycles. The Morgan fingerprint density at radius 1 is 1.19 bits per heavy atom. The predicted molar refractivity (Wildman–Crippen MR) is 112 cm³/mol. The first-order valence-corrected chi connectivity index (χ1v) is 10.5. The van der Waals surface area contributed by atoms with Crippen molar-refractivity contribution in [3.63, 3.8) is 0 Å². The summed E-state index contributed by atoms with van der Waals surface area (Å²) < 4.78 is 20.6. The van der Waals surface area contributed by atoms with Crippen LogP contribution in [0.25, 0.3) is 11.0 Å². The highest BCUT2D eigenvalue weighted by molar-refractivity contribution is 6.30. The molecule has 0 aliphatic carbocycles. The molecule has 8 nitrogen and oxygen atoms in total. The van der Waals surface area contributed by atoms with Gasteiger partial charge >= 0.3 is 0 Å². The molecule has 2 aliphatic heterocycles. The van der Waals surface area contributed by atoms with Crippen LogP contribution in [0.2, 0.25) is 5.02 Å². The minimum atomic E-state index is -1.05. The fourth-order valence-corrected chi connectivity index (χ4v) is 4.76. The number of fused-ring (bicyclic) bond motifs is 2. The Labute approximate surface area is 184 Å². The molecule has 4 heterocycles. The maximum atomic E-state index is 11.3. The van der Waals surface area contributed by atoms with E-state index in [4.69, 9.17) is 25.8 Å². The van der Waals surface area contributed by atoms with Gasteiger partial charge in [-0.1, -0.05) is 17.7 Å². The van der Waals surface area contributed by atoms with E-state index in [9.17, 15) is 10.2 Å². The summed E-state index contributed by atoms with van der Waals surface area (Å²) in [6.45, 7) is 5.35. The molecule has 164 valence electrons. The summed E-state index contributed by atoms with van der Waals surface area (Å²) >= 11 is 6.06. The molecule has 5 rings (SSSR count). The van der Waals surface area contributed by atoms with E-state index < -0.39 is 36.4 Å². The van der Waals surface area contributed by atoms with Crippen LogP contribution in [0.5, 0.6) is 0 Å². The lowest BCUT2D eigenvalue weighted by Crippen LogP contribution is -2.34. The second kappa shape index (κ2) is 7.51. The van der Waals surface area contributed by atoms with E-state index in [1.807, 2.05) is 37.6 Å². The fraction of sp³-hybridized carbons (Fsp3) is 0.455. The second-order valence-corrected chi connectivity index (χ2v) is 8.86. The van der Waals surface area contributed by atoms with Gasteiger partial charge in [-0.05, 0) is 50.1 Å². The van der Waals surface area contributed by atoms with Crippen molar-refractivity contribution in [1.82, 2.24) is 14.5 Å². The quantitative estimate of drug-likeness (QED) is 0.636. The molecule has 3 unspecified atom stereocenters. The lowest BCUT2D eigenvalue weighted by molar-refractivity contribution is -0.207. The van der Waals surface area contributed by atoms with Crippen LogP contribution in [-0.2, 0) is 20.8 Å². The van der Waals surface area contributed by atoms with E-state index in [0.29, 0.717) is 16.1 Å². The number of hydrogen-bond donors (Lipinski definition) is 2. The van der Waals surface area contributed by atoms with Gasteiger partial charge in [0.2, 0.25) is 0 Å². The van der Waals surface area contributed by atoms with Crippen LogP contribution in [0.3, 0.4) is 0 Å². The molecule has 2 fully saturated rings. The van der Waals surface area contributed by atoms with Gasteiger partial charge in [0.1, 0.15) is 36.4 Å². The molecule has 31 heavy (non-hydrogen) atoms. The first-order chi connectivity index (χ1) is 14.8. The van der Waals surface area contributed by atoms with E-state index in [0.717, 1.165) is 16.7 Å². The van der Waals surface area contributed by atoms with Gasteiger partial charge in [-0.2, -0.15) is 0 Å². The summed E-state index contributed by atoms with van der Waals surface area (Å²) in [5.74, 6) is -0.830. The lowest BCUT2D eigenvalue weighted by atomic mass is 9.95. The van der Waals surface area contributed by atoms with E-state index in [-0.39, 0.29) is 6.61 Å². The zero-order valence-electron chi connectivity index (χ0n) is 17.4. The highest BCUT2D eigenvalue weighted by Gasteiger charge is 2.58. The van der Waals surface area contributed by atoms with Crippen LogP contribution in [0.15, 0.2) is 36.8 Å². The molecule has 2 saturated heterocycles. The maximum Gasteiger partial charge on any atom is 0.164 e. The Morgan fingerprint density at radius 2 is 1.97 bits per heavy atom.